The number of halogens is 2. The normalized spacial score (nSPS) is 14.5. The summed E-state index contributed by atoms with van der Waals surface area (Å²) in [6, 6.07) is 2.88. The summed E-state index contributed by atoms with van der Waals surface area (Å²) in [5, 5.41) is 14.3. The third kappa shape index (κ3) is 3.06. The maximum Gasteiger partial charge on any atom is 0.277 e. The van der Waals surface area contributed by atoms with Gasteiger partial charge in [0.25, 0.3) is 11.8 Å². The van der Waals surface area contributed by atoms with Crippen molar-refractivity contribution in [3.05, 3.63) is 34.2 Å². The van der Waals surface area contributed by atoms with Crippen molar-refractivity contribution in [2.45, 2.75) is 0 Å². The molecule has 1 heterocycles. The van der Waals surface area contributed by atoms with E-state index in [9.17, 15) is 14.0 Å². The van der Waals surface area contributed by atoms with E-state index in [2.05, 4.69) is 26.6 Å². The van der Waals surface area contributed by atoms with Crippen LogP contribution >= 0.6 is 15.9 Å². The van der Waals surface area contributed by atoms with E-state index in [0.717, 1.165) is 11.0 Å². The number of β-amino-alcohol motifs (C(OH)–C–C–N with tert-alkyl or cyclic N) is 1. The number of hydrogen-bond acceptors (Lipinski definition) is 5. The molecule has 6 nitrogen and oxygen atoms in total. The Morgan fingerprint density at radius 2 is 2.10 bits per heavy atom. The largest absolute Gasteiger partial charge is 0.395 e. The average molecular weight is 358 g/mol. The number of carbonyl (C=O) groups is 2. The molecule has 0 fully saturated rings. The van der Waals surface area contributed by atoms with Gasteiger partial charge in [0.15, 0.2) is 0 Å². The fourth-order valence-electron chi connectivity index (χ4n) is 1.94. The maximum atomic E-state index is 14.0. The predicted octanol–water partition coefficient (Wildman–Crippen LogP) is 1.29. The standard InChI is InChI=1S/C13H13BrFN3O3/c1-16-9-5-7(14)4-8(15)12(9)17-10-6-11(20)18(2-3-19)13(10)21/h4-6,16-17,19H,2-3H2,1H3. The van der Waals surface area contributed by atoms with Crippen LogP contribution in [-0.4, -0.2) is 42.0 Å². The quantitative estimate of drug-likeness (QED) is 0.691. The van der Waals surface area contributed by atoms with Crippen molar-refractivity contribution in [2.75, 3.05) is 30.8 Å². The van der Waals surface area contributed by atoms with Crippen LogP contribution in [-0.2, 0) is 9.59 Å². The van der Waals surface area contributed by atoms with Crippen LogP contribution in [0.15, 0.2) is 28.4 Å². The van der Waals surface area contributed by atoms with E-state index >= 15 is 0 Å². The summed E-state index contributed by atoms with van der Waals surface area (Å²) in [5.41, 5.74) is 0.466. The molecule has 2 amide bonds. The molecule has 0 aliphatic carbocycles. The molecular formula is C13H13BrFN3O3. The number of imide groups is 1. The van der Waals surface area contributed by atoms with Crippen molar-refractivity contribution in [1.82, 2.24) is 4.90 Å². The monoisotopic (exact) mass is 357 g/mol. The number of anilines is 2. The molecule has 3 N–H and O–H groups in total. The minimum Gasteiger partial charge on any atom is -0.395 e. The van der Waals surface area contributed by atoms with E-state index in [1.807, 2.05) is 0 Å². The lowest BCUT2D eigenvalue weighted by Gasteiger charge is -2.15. The summed E-state index contributed by atoms with van der Waals surface area (Å²) in [4.78, 5) is 24.5. The Kier molecular flexibility index (Phi) is 4.59. The molecule has 1 aliphatic heterocycles. The van der Waals surface area contributed by atoms with Gasteiger partial charge in [0.1, 0.15) is 11.5 Å². The van der Waals surface area contributed by atoms with Gasteiger partial charge in [0.05, 0.1) is 24.5 Å². The van der Waals surface area contributed by atoms with E-state index in [4.69, 9.17) is 5.11 Å². The van der Waals surface area contributed by atoms with Crippen LogP contribution in [0.5, 0.6) is 0 Å². The van der Waals surface area contributed by atoms with Crippen molar-refractivity contribution in [1.29, 1.82) is 0 Å². The van der Waals surface area contributed by atoms with Gasteiger partial charge in [-0.25, -0.2) is 4.39 Å². The zero-order valence-corrected chi connectivity index (χ0v) is 12.7. The number of carbonyl (C=O) groups excluding carboxylic acids is 2. The van der Waals surface area contributed by atoms with Gasteiger partial charge in [-0.05, 0) is 12.1 Å². The SMILES string of the molecule is CNc1cc(Br)cc(F)c1NC1=CC(=O)N(CCO)C1=O. The van der Waals surface area contributed by atoms with Gasteiger partial charge < -0.3 is 15.7 Å². The predicted molar refractivity (Wildman–Crippen MR) is 79.2 cm³/mol. The molecular weight excluding hydrogens is 345 g/mol. The Bertz CT molecular complexity index is 633. The number of amides is 2. The topological polar surface area (TPSA) is 81.7 Å². The first-order chi connectivity index (χ1) is 9.97. The van der Waals surface area contributed by atoms with Crippen molar-refractivity contribution in [3.63, 3.8) is 0 Å². The summed E-state index contributed by atoms with van der Waals surface area (Å²) in [6.07, 6.45) is 1.08. The highest BCUT2D eigenvalue weighted by atomic mass is 79.9. The van der Waals surface area contributed by atoms with Crippen LogP contribution in [0.25, 0.3) is 0 Å². The summed E-state index contributed by atoms with van der Waals surface area (Å²) < 4.78 is 14.6. The molecule has 8 heteroatoms. The van der Waals surface area contributed by atoms with Gasteiger partial charge in [-0.15, -0.1) is 0 Å². The Morgan fingerprint density at radius 1 is 1.38 bits per heavy atom. The van der Waals surface area contributed by atoms with E-state index in [1.54, 1.807) is 13.1 Å². The fraction of sp³-hybridized carbons (Fsp3) is 0.231. The molecule has 1 aromatic carbocycles. The Morgan fingerprint density at radius 3 is 2.71 bits per heavy atom. The number of hydrogen-bond donors (Lipinski definition) is 3. The molecule has 1 aromatic rings. The molecule has 0 aromatic heterocycles. The average Bonchev–Trinajstić information content (AvgIpc) is 2.69. The van der Waals surface area contributed by atoms with Gasteiger partial charge in [0.2, 0.25) is 0 Å². The van der Waals surface area contributed by atoms with Crippen molar-refractivity contribution in [3.8, 4) is 0 Å². The molecule has 0 saturated heterocycles. The van der Waals surface area contributed by atoms with Crippen LogP contribution < -0.4 is 10.6 Å². The van der Waals surface area contributed by atoms with Gasteiger partial charge in [-0.2, -0.15) is 0 Å². The summed E-state index contributed by atoms with van der Waals surface area (Å²) in [5.74, 6) is -1.71. The molecule has 2 rings (SSSR count). The van der Waals surface area contributed by atoms with Crippen molar-refractivity contribution >= 4 is 39.1 Å². The van der Waals surface area contributed by atoms with Crippen LogP contribution in [0, 0.1) is 5.82 Å². The first-order valence-corrected chi connectivity index (χ1v) is 6.89. The van der Waals surface area contributed by atoms with Gasteiger partial charge in [-0.3, -0.25) is 14.5 Å². The Balaban J connectivity index is 2.29. The summed E-state index contributed by atoms with van der Waals surface area (Å²) in [7, 11) is 1.61. The molecule has 0 atom stereocenters. The number of nitrogens with zero attached hydrogens (tertiary/aromatic N) is 1. The summed E-state index contributed by atoms with van der Waals surface area (Å²) in [6.45, 7) is -0.423. The van der Waals surface area contributed by atoms with Crippen molar-refractivity contribution < 1.29 is 19.1 Å². The molecule has 112 valence electrons. The van der Waals surface area contributed by atoms with Gasteiger partial charge in [-0.1, -0.05) is 15.9 Å². The Hall–Kier alpha value is -1.93. The Labute approximate surface area is 128 Å². The number of aliphatic hydroxyl groups excluding tert-OH is 1. The van der Waals surface area contributed by atoms with Crippen molar-refractivity contribution in [2.24, 2.45) is 0 Å². The molecule has 0 bridgehead atoms. The lowest BCUT2D eigenvalue weighted by Crippen LogP contribution is -2.34. The molecule has 0 radical (unpaired) electrons. The van der Waals surface area contributed by atoms with Gasteiger partial charge >= 0.3 is 0 Å². The minimum absolute atomic E-state index is 0.0360. The third-order valence-electron chi connectivity index (χ3n) is 2.92. The highest BCUT2D eigenvalue weighted by molar-refractivity contribution is 9.10. The highest BCUT2D eigenvalue weighted by Gasteiger charge is 2.31. The smallest absolute Gasteiger partial charge is 0.277 e. The lowest BCUT2D eigenvalue weighted by atomic mass is 10.2. The number of nitrogens with one attached hydrogen (secondary N) is 2. The molecule has 1 aliphatic rings. The second kappa shape index (κ2) is 6.23. The fourth-order valence-corrected chi connectivity index (χ4v) is 2.37. The number of rotatable bonds is 5. The third-order valence-corrected chi connectivity index (χ3v) is 3.37. The van der Waals surface area contributed by atoms with Crippen LogP contribution in [0.3, 0.4) is 0 Å². The van der Waals surface area contributed by atoms with E-state index < -0.39 is 17.6 Å². The van der Waals surface area contributed by atoms with E-state index in [1.165, 1.54) is 6.07 Å². The highest BCUT2D eigenvalue weighted by Crippen LogP contribution is 2.31. The summed E-state index contributed by atoms with van der Waals surface area (Å²) >= 11 is 3.17. The van der Waals surface area contributed by atoms with Gasteiger partial charge in [0, 0.05) is 17.6 Å². The molecule has 21 heavy (non-hydrogen) atoms. The first-order valence-electron chi connectivity index (χ1n) is 6.10. The zero-order valence-electron chi connectivity index (χ0n) is 11.1. The number of benzene rings is 1. The van der Waals surface area contributed by atoms with Crippen LogP contribution in [0.2, 0.25) is 0 Å². The first kappa shape index (κ1) is 15.5. The van der Waals surface area contributed by atoms with Crippen LogP contribution in [0.4, 0.5) is 15.8 Å². The molecule has 0 unspecified atom stereocenters. The lowest BCUT2D eigenvalue weighted by molar-refractivity contribution is -0.137. The maximum absolute atomic E-state index is 14.0. The van der Waals surface area contributed by atoms with Crippen LogP contribution in [0.1, 0.15) is 0 Å². The van der Waals surface area contributed by atoms with E-state index in [0.29, 0.717) is 10.2 Å². The second-order valence-corrected chi connectivity index (χ2v) is 5.18. The molecule has 0 spiro atoms. The van der Waals surface area contributed by atoms with E-state index in [-0.39, 0.29) is 24.5 Å². The second-order valence-electron chi connectivity index (χ2n) is 4.26. The molecule has 0 saturated carbocycles. The minimum atomic E-state index is -0.599. The number of aliphatic hydroxyl groups is 1. The zero-order chi connectivity index (χ0) is 15.6.